The van der Waals surface area contributed by atoms with Crippen LogP contribution in [0.4, 0.5) is 8.78 Å². The molecule has 0 spiro atoms. The molecule has 0 saturated heterocycles. The first-order chi connectivity index (χ1) is 7.93. The first-order valence-electron chi connectivity index (χ1n) is 4.86. The molecule has 4 nitrogen and oxygen atoms in total. The maximum atomic E-state index is 12.2. The van der Waals surface area contributed by atoms with Crippen molar-refractivity contribution < 1.29 is 23.4 Å². The van der Waals surface area contributed by atoms with Crippen molar-refractivity contribution in [3.8, 4) is 5.75 Å². The predicted molar refractivity (Wildman–Crippen MR) is 57.1 cm³/mol. The van der Waals surface area contributed by atoms with Crippen molar-refractivity contribution in [2.24, 2.45) is 0 Å². The maximum Gasteiger partial charge on any atom is 0.387 e. The van der Waals surface area contributed by atoms with Gasteiger partial charge in [-0.15, -0.1) is 0 Å². The minimum absolute atomic E-state index is 0.122. The zero-order valence-corrected chi connectivity index (χ0v) is 9.43. The molecule has 17 heavy (non-hydrogen) atoms. The zero-order valence-electron chi connectivity index (χ0n) is 9.43. The van der Waals surface area contributed by atoms with E-state index in [1.807, 2.05) is 0 Å². The first kappa shape index (κ1) is 13.4. The van der Waals surface area contributed by atoms with Crippen LogP contribution in [0.3, 0.4) is 0 Å². The van der Waals surface area contributed by atoms with E-state index in [0.29, 0.717) is 0 Å². The summed E-state index contributed by atoms with van der Waals surface area (Å²) in [4.78, 5) is 12.5. The smallest absolute Gasteiger partial charge is 0.387 e. The second kappa shape index (κ2) is 5.58. The molecule has 0 aliphatic carbocycles. The maximum absolute atomic E-state index is 12.2. The molecule has 1 unspecified atom stereocenters. The third-order valence-corrected chi connectivity index (χ3v) is 2.18. The van der Waals surface area contributed by atoms with Gasteiger partial charge in [0.15, 0.2) is 0 Å². The van der Waals surface area contributed by atoms with E-state index in [1.165, 1.54) is 23.1 Å². The number of nitrogens with zero attached hydrogens (tertiary/aromatic N) is 1. The van der Waals surface area contributed by atoms with Gasteiger partial charge in [0.05, 0.1) is 0 Å². The molecule has 0 heterocycles. The second-order valence-corrected chi connectivity index (χ2v) is 3.62. The standard InChI is InChI=1S/C11H13F2NO3/c1-14(2)9(10(15)16)7-5-3-4-6-8(7)17-11(12)13/h3-6,9,11H,1-2H3,(H,15,16). The number of para-hydroxylation sites is 1. The number of carboxylic acid groups (broad SMARTS) is 1. The van der Waals surface area contributed by atoms with Gasteiger partial charge in [-0.2, -0.15) is 8.78 Å². The Morgan fingerprint density at radius 1 is 1.35 bits per heavy atom. The van der Waals surface area contributed by atoms with Crippen molar-refractivity contribution in [1.29, 1.82) is 0 Å². The van der Waals surface area contributed by atoms with E-state index in [0.717, 1.165) is 0 Å². The highest BCUT2D eigenvalue weighted by Gasteiger charge is 2.26. The van der Waals surface area contributed by atoms with E-state index in [9.17, 15) is 13.6 Å². The molecular weight excluding hydrogens is 232 g/mol. The van der Waals surface area contributed by atoms with Crippen LogP contribution in [0, 0.1) is 0 Å². The lowest BCUT2D eigenvalue weighted by Crippen LogP contribution is -2.28. The normalized spacial score (nSPS) is 12.8. The number of alkyl halides is 2. The lowest BCUT2D eigenvalue weighted by Gasteiger charge is -2.22. The van der Waals surface area contributed by atoms with Gasteiger partial charge in [0.2, 0.25) is 0 Å². The lowest BCUT2D eigenvalue weighted by atomic mass is 10.1. The summed E-state index contributed by atoms with van der Waals surface area (Å²) in [5, 5.41) is 9.07. The van der Waals surface area contributed by atoms with Crippen LogP contribution < -0.4 is 4.74 Å². The SMILES string of the molecule is CN(C)C(C(=O)O)c1ccccc1OC(F)F. The number of halogens is 2. The summed E-state index contributed by atoms with van der Waals surface area (Å²) >= 11 is 0. The van der Waals surface area contributed by atoms with Gasteiger partial charge < -0.3 is 9.84 Å². The van der Waals surface area contributed by atoms with Crippen molar-refractivity contribution in [1.82, 2.24) is 4.90 Å². The number of carbonyl (C=O) groups is 1. The quantitative estimate of drug-likeness (QED) is 0.861. The molecule has 1 aromatic carbocycles. The van der Waals surface area contributed by atoms with Crippen LogP contribution in [-0.2, 0) is 4.79 Å². The Labute approximate surface area is 97.4 Å². The molecular formula is C11H13F2NO3. The molecule has 1 rings (SSSR count). The Hall–Kier alpha value is -1.69. The number of hydrogen-bond acceptors (Lipinski definition) is 3. The molecule has 1 N–H and O–H groups in total. The summed E-state index contributed by atoms with van der Waals surface area (Å²) in [6.45, 7) is -2.98. The van der Waals surface area contributed by atoms with Gasteiger partial charge in [-0.25, -0.2) is 0 Å². The summed E-state index contributed by atoms with van der Waals surface area (Å²) < 4.78 is 28.7. The largest absolute Gasteiger partial charge is 0.480 e. The van der Waals surface area contributed by atoms with E-state index in [-0.39, 0.29) is 11.3 Å². The van der Waals surface area contributed by atoms with Gasteiger partial charge in [0.1, 0.15) is 11.8 Å². The molecule has 0 saturated carbocycles. The van der Waals surface area contributed by atoms with E-state index >= 15 is 0 Å². The Morgan fingerprint density at radius 3 is 2.41 bits per heavy atom. The lowest BCUT2D eigenvalue weighted by molar-refractivity contribution is -0.142. The van der Waals surface area contributed by atoms with Crippen LogP contribution >= 0.6 is 0 Å². The van der Waals surface area contributed by atoms with Gasteiger partial charge in [0.25, 0.3) is 0 Å². The first-order valence-corrected chi connectivity index (χ1v) is 4.86. The van der Waals surface area contributed by atoms with E-state index in [4.69, 9.17) is 5.11 Å². The summed E-state index contributed by atoms with van der Waals surface area (Å²) in [7, 11) is 3.11. The number of hydrogen-bond donors (Lipinski definition) is 1. The Balaban J connectivity index is 3.14. The predicted octanol–water partition coefficient (Wildman–Crippen LogP) is 1.98. The van der Waals surface area contributed by atoms with Crippen LogP contribution in [0.5, 0.6) is 5.75 Å². The summed E-state index contributed by atoms with van der Waals surface area (Å²) in [5.41, 5.74) is 0.199. The summed E-state index contributed by atoms with van der Waals surface area (Å²) in [6, 6.07) is 4.84. The van der Waals surface area contributed by atoms with Gasteiger partial charge in [-0.05, 0) is 20.2 Å². The van der Waals surface area contributed by atoms with Crippen LogP contribution in [0.2, 0.25) is 0 Å². The molecule has 0 radical (unpaired) electrons. The third kappa shape index (κ3) is 3.39. The fraction of sp³-hybridized carbons (Fsp3) is 0.364. The fourth-order valence-corrected chi connectivity index (χ4v) is 1.54. The molecule has 0 bridgehead atoms. The highest BCUT2D eigenvalue weighted by atomic mass is 19.3. The third-order valence-electron chi connectivity index (χ3n) is 2.18. The van der Waals surface area contributed by atoms with Gasteiger partial charge >= 0.3 is 12.6 Å². The Morgan fingerprint density at radius 2 is 1.94 bits per heavy atom. The molecule has 1 atom stereocenters. The number of rotatable bonds is 5. The number of likely N-dealkylation sites (N-methyl/N-ethyl adjacent to an activating group) is 1. The van der Waals surface area contributed by atoms with Gasteiger partial charge in [0, 0.05) is 5.56 Å². The average Bonchev–Trinajstić information content (AvgIpc) is 2.18. The molecule has 94 valence electrons. The van der Waals surface area contributed by atoms with Gasteiger partial charge in [-0.1, -0.05) is 18.2 Å². The Bertz CT molecular complexity index is 396. The minimum Gasteiger partial charge on any atom is -0.480 e. The monoisotopic (exact) mass is 245 g/mol. The number of carboxylic acids is 1. The second-order valence-electron chi connectivity index (χ2n) is 3.62. The summed E-state index contributed by atoms with van der Waals surface area (Å²) in [5.74, 6) is -1.25. The Kier molecular flexibility index (Phi) is 4.39. The van der Waals surface area contributed by atoms with Crippen LogP contribution in [0.1, 0.15) is 11.6 Å². The summed E-state index contributed by atoms with van der Waals surface area (Å²) in [6.07, 6.45) is 0. The minimum atomic E-state index is -2.98. The molecule has 0 aliphatic heterocycles. The number of ether oxygens (including phenoxy) is 1. The molecule has 6 heteroatoms. The van der Waals surface area contributed by atoms with Crippen LogP contribution in [0.15, 0.2) is 24.3 Å². The zero-order chi connectivity index (χ0) is 13.0. The molecule has 0 fully saturated rings. The van der Waals surface area contributed by atoms with Crippen molar-refractivity contribution in [3.05, 3.63) is 29.8 Å². The van der Waals surface area contributed by atoms with Crippen molar-refractivity contribution in [2.45, 2.75) is 12.7 Å². The molecule has 0 aliphatic rings. The highest BCUT2D eigenvalue weighted by Crippen LogP contribution is 2.29. The van der Waals surface area contributed by atoms with Crippen molar-refractivity contribution in [2.75, 3.05) is 14.1 Å². The molecule has 0 aromatic heterocycles. The highest BCUT2D eigenvalue weighted by molar-refractivity contribution is 5.76. The molecule has 1 aromatic rings. The van der Waals surface area contributed by atoms with E-state index in [1.54, 1.807) is 20.2 Å². The number of benzene rings is 1. The van der Waals surface area contributed by atoms with Crippen LogP contribution in [0.25, 0.3) is 0 Å². The van der Waals surface area contributed by atoms with E-state index < -0.39 is 18.6 Å². The van der Waals surface area contributed by atoms with E-state index in [2.05, 4.69) is 4.74 Å². The number of aliphatic carboxylic acids is 1. The van der Waals surface area contributed by atoms with Crippen molar-refractivity contribution >= 4 is 5.97 Å². The fourth-order valence-electron chi connectivity index (χ4n) is 1.54. The molecule has 0 amide bonds. The average molecular weight is 245 g/mol. The topological polar surface area (TPSA) is 49.8 Å². The van der Waals surface area contributed by atoms with Crippen molar-refractivity contribution in [3.63, 3.8) is 0 Å². The van der Waals surface area contributed by atoms with Crippen LogP contribution in [-0.4, -0.2) is 36.7 Å². The van der Waals surface area contributed by atoms with Gasteiger partial charge in [-0.3, -0.25) is 9.69 Å².